The molecular weight excluding hydrogens is 282 g/mol. The largest absolute Gasteiger partial charge is 0.385 e. The Kier molecular flexibility index (Phi) is 6.79. The lowest BCUT2D eigenvalue weighted by Crippen LogP contribution is -3.14. The Hall–Kier alpha value is -1.47. The SMILES string of the molecule is NNC(=O)C1CC[NH+](C[C@H](O)COCc2ccccc2)CC1. The normalized spacial score (nSPS) is 23.0. The van der Waals surface area contributed by atoms with Crippen LogP contribution in [0.4, 0.5) is 0 Å². The summed E-state index contributed by atoms with van der Waals surface area (Å²) in [6.45, 7) is 3.28. The van der Waals surface area contributed by atoms with Crippen LogP contribution in [0.15, 0.2) is 30.3 Å². The van der Waals surface area contributed by atoms with Crippen molar-refractivity contribution < 1.29 is 19.5 Å². The minimum absolute atomic E-state index is 0.0141. The molecule has 0 aliphatic carbocycles. The fourth-order valence-electron chi connectivity index (χ4n) is 2.89. The molecule has 0 saturated carbocycles. The van der Waals surface area contributed by atoms with E-state index in [1.54, 1.807) is 0 Å². The van der Waals surface area contributed by atoms with Gasteiger partial charge in [0.15, 0.2) is 0 Å². The molecule has 2 rings (SSSR count). The molecule has 5 N–H and O–H groups in total. The van der Waals surface area contributed by atoms with Gasteiger partial charge in [0, 0.05) is 18.8 Å². The zero-order chi connectivity index (χ0) is 15.8. The van der Waals surface area contributed by atoms with Gasteiger partial charge < -0.3 is 14.7 Å². The van der Waals surface area contributed by atoms with Gasteiger partial charge in [-0.05, 0) is 5.56 Å². The lowest BCUT2D eigenvalue weighted by Gasteiger charge is -2.29. The average molecular weight is 308 g/mol. The molecule has 22 heavy (non-hydrogen) atoms. The molecule has 1 amide bonds. The van der Waals surface area contributed by atoms with E-state index >= 15 is 0 Å². The van der Waals surface area contributed by atoms with Crippen LogP contribution < -0.4 is 16.2 Å². The zero-order valence-corrected chi connectivity index (χ0v) is 12.8. The first-order valence-electron chi connectivity index (χ1n) is 7.82. The summed E-state index contributed by atoms with van der Waals surface area (Å²) in [6, 6.07) is 9.92. The number of carbonyl (C=O) groups excluding carboxylic acids is 1. The van der Waals surface area contributed by atoms with E-state index in [2.05, 4.69) is 5.43 Å². The van der Waals surface area contributed by atoms with E-state index in [4.69, 9.17) is 10.6 Å². The summed E-state index contributed by atoms with van der Waals surface area (Å²) in [5.74, 6) is 5.09. The average Bonchev–Trinajstić information content (AvgIpc) is 2.56. The van der Waals surface area contributed by atoms with E-state index in [1.807, 2.05) is 30.3 Å². The summed E-state index contributed by atoms with van der Waals surface area (Å²) in [5, 5.41) is 10.1. The highest BCUT2D eigenvalue weighted by Gasteiger charge is 2.28. The van der Waals surface area contributed by atoms with E-state index in [1.165, 1.54) is 4.90 Å². The predicted molar refractivity (Wildman–Crippen MR) is 82.7 cm³/mol. The summed E-state index contributed by atoms with van der Waals surface area (Å²) < 4.78 is 5.56. The van der Waals surface area contributed by atoms with Crippen LogP contribution in [0.1, 0.15) is 18.4 Å². The lowest BCUT2D eigenvalue weighted by molar-refractivity contribution is -0.908. The van der Waals surface area contributed by atoms with Gasteiger partial charge in [0.25, 0.3) is 0 Å². The van der Waals surface area contributed by atoms with Crippen LogP contribution in [-0.2, 0) is 16.1 Å². The van der Waals surface area contributed by atoms with Gasteiger partial charge in [-0.15, -0.1) is 0 Å². The van der Waals surface area contributed by atoms with Gasteiger partial charge >= 0.3 is 0 Å². The van der Waals surface area contributed by atoms with Gasteiger partial charge in [-0.1, -0.05) is 30.3 Å². The standard InChI is InChI=1S/C16H25N3O3/c17-18-16(21)14-6-8-19(9-7-14)10-15(20)12-22-11-13-4-2-1-3-5-13/h1-5,14-15,20H,6-12,17H2,(H,18,21)/p+1/t15-/m0/s1. The first-order valence-corrected chi connectivity index (χ1v) is 7.82. The number of piperidine rings is 1. The van der Waals surface area contributed by atoms with Crippen molar-refractivity contribution in [1.82, 2.24) is 5.43 Å². The Morgan fingerprint density at radius 1 is 1.36 bits per heavy atom. The van der Waals surface area contributed by atoms with Crippen molar-refractivity contribution in [2.75, 3.05) is 26.2 Å². The second kappa shape index (κ2) is 8.85. The quantitative estimate of drug-likeness (QED) is 0.291. The number of benzene rings is 1. The molecule has 0 aromatic heterocycles. The van der Waals surface area contributed by atoms with Crippen molar-refractivity contribution in [2.24, 2.45) is 11.8 Å². The Bertz CT molecular complexity index is 447. The number of aliphatic hydroxyl groups is 1. The van der Waals surface area contributed by atoms with E-state index < -0.39 is 6.10 Å². The van der Waals surface area contributed by atoms with Crippen molar-refractivity contribution in [1.29, 1.82) is 0 Å². The smallest absolute Gasteiger partial charge is 0.237 e. The maximum absolute atomic E-state index is 11.5. The molecule has 6 nitrogen and oxygen atoms in total. The molecule has 1 heterocycles. The maximum atomic E-state index is 11.5. The summed E-state index contributed by atoms with van der Waals surface area (Å²) in [4.78, 5) is 12.8. The van der Waals surface area contributed by atoms with Crippen LogP contribution >= 0.6 is 0 Å². The molecular formula is C16H26N3O3+. The van der Waals surface area contributed by atoms with Gasteiger partial charge in [0.05, 0.1) is 26.3 Å². The third-order valence-electron chi connectivity index (χ3n) is 4.15. The molecule has 0 spiro atoms. The van der Waals surface area contributed by atoms with Crippen molar-refractivity contribution in [3.63, 3.8) is 0 Å². The Labute approximate surface area is 131 Å². The summed E-state index contributed by atoms with van der Waals surface area (Å²) in [6.07, 6.45) is 1.16. The minimum atomic E-state index is -0.474. The molecule has 0 radical (unpaired) electrons. The maximum Gasteiger partial charge on any atom is 0.237 e. The molecule has 1 saturated heterocycles. The second-order valence-electron chi connectivity index (χ2n) is 5.89. The van der Waals surface area contributed by atoms with Crippen molar-refractivity contribution in [3.8, 4) is 0 Å². The third kappa shape index (κ3) is 5.38. The number of hydrazine groups is 1. The second-order valence-corrected chi connectivity index (χ2v) is 5.89. The number of nitrogens with one attached hydrogen (secondary N) is 2. The molecule has 6 heteroatoms. The van der Waals surface area contributed by atoms with Gasteiger partial charge in [0.1, 0.15) is 12.6 Å². The van der Waals surface area contributed by atoms with Crippen LogP contribution in [0.5, 0.6) is 0 Å². The lowest BCUT2D eigenvalue weighted by atomic mass is 9.96. The molecule has 0 unspecified atom stereocenters. The first-order chi connectivity index (χ1) is 10.7. The van der Waals surface area contributed by atoms with Crippen molar-refractivity contribution >= 4 is 5.91 Å². The van der Waals surface area contributed by atoms with Crippen LogP contribution in [0.2, 0.25) is 0 Å². The van der Waals surface area contributed by atoms with Crippen molar-refractivity contribution in [3.05, 3.63) is 35.9 Å². The molecule has 1 aliphatic rings. The Morgan fingerprint density at radius 2 is 2.05 bits per heavy atom. The highest BCUT2D eigenvalue weighted by molar-refractivity contribution is 5.77. The number of quaternary nitrogens is 1. The Balaban J connectivity index is 1.61. The van der Waals surface area contributed by atoms with Crippen LogP contribution in [0, 0.1) is 5.92 Å². The van der Waals surface area contributed by atoms with E-state index in [9.17, 15) is 9.90 Å². The van der Waals surface area contributed by atoms with Crippen LogP contribution in [0.25, 0.3) is 0 Å². The van der Waals surface area contributed by atoms with Crippen molar-refractivity contribution in [2.45, 2.75) is 25.6 Å². The topological polar surface area (TPSA) is 89.0 Å². The van der Waals surface area contributed by atoms with E-state index in [0.29, 0.717) is 19.8 Å². The van der Waals surface area contributed by atoms with Crippen LogP contribution in [-0.4, -0.2) is 43.4 Å². The number of carbonyl (C=O) groups is 1. The minimum Gasteiger partial charge on any atom is -0.385 e. The number of ether oxygens (including phenoxy) is 1. The Morgan fingerprint density at radius 3 is 2.68 bits per heavy atom. The monoisotopic (exact) mass is 308 g/mol. The predicted octanol–water partition coefficient (Wildman–Crippen LogP) is -1.15. The van der Waals surface area contributed by atoms with E-state index in [0.717, 1.165) is 31.5 Å². The number of hydrogen-bond acceptors (Lipinski definition) is 4. The van der Waals surface area contributed by atoms with Crippen LogP contribution in [0.3, 0.4) is 0 Å². The molecule has 1 aromatic carbocycles. The van der Waals surface area contributed by atoms with Gasteiger partial charge in [0.2, 0.25) is 5.91 Å². The number of amides is 1. The number of nitrogens with two attached hydrogens (primary N) is 1. The molecule has 1 aliphatic heterocycles. The number of likely N-dealkylation sites (tertiary alicyclic amines) is 1. The highest BCUT2D eigenvalue weighted by atomic mass is 16.5. The molecule has 1 aromatic rings. The summed E-state index contributed by atoms with van der Waals surface area (Å²) in [7, 11) is 0. The number of hydrogen-bond donors (Lipinski definition) is 4. The van der Waals surface area contributed by atoms with Gasteiger partial charge in [-0.25, -0.2) is 5.84 Å². The fourth-order valence-corrected chi connectivity index (χ4v) is 2.89. The highest BCUT2D eigenvalue weighted by Crippen LogP contribution is 2.08. The summed E-state index contributed by atoms with van der Waals surface area (Å²) >= 11 is 0. The number of rotatable bonds is 7. The molecule has 0 bridgehead atoms. The fraction of sp³-hybridized carbons (Fsp3) is 0.562. The van der Waals surface area contributed by atoms with Gasteiger partial charge in [-0.3, -0.25) is 10.2 Å². The molecule has 1 fully saturated rings. The first kappa shape index (κ1) is 16.9. The molecule has 122 valence electrons. The zero-order valence-electron chi connectivity index (χ0n) is 12.8. The molecule has 1 atom stereocenters. The van der Waals surface area contributed by atoms with Gasteiger partial charge in [-0.2, -0.15) is 0 Å². The number of aliphatic hydroxyl groups excluding tert-OH is 1. The third-order valence-corrected chi connectivity index (χ3v) is 4.15. The summed E-state index contributed by atoms with van der Waals surface area (Å²) in [5.41, 5.74) is 3.32. The van der Waals surface area contributed by atoms with E-state index in [-0.39, 0.29) is 11.8 Å².